The third-order valence-corrected chi connectivity index (χ3v) is 5.79. The van der Waals surface area contributed by atoms with Gasteiger partial charge in [0, 0.05) is 45.1 Å². The molecule has 124 valence electrons. The summed E-state index contributed by atoms with van der Waals surface area (Å²) in [7, 11) is -3.49. The Morgan fingerprint density at radius 1 is 1.22 bits per heavy atom. The Bertz CT molecular complexity index is 710. The summed E-state index contributed by atoms with van der Waals surface area (Å²) in [6, 6.07) is 6.63. The molecule has 3 rings (SSSR count). The van der Waals surface area contributed by atoms with Crippen LogP contribution < -0.4 is 0 Å². The number of sulfonamides is 1. The molecule has 0 aromatic carbocycles. The van der Waals surface area contributed by atoms with Crippen LogP contribution in [0.3, 0.4) is 0 Å². The summed E-state index contributed by atoms with van der Waals surface area (Å²) in [5.74, 6) is 0.524. The first-order chi connectivity index (χ1) is 11.1. The van der Waals surface area contributed by atoms with Gasteiger partial charge in [0.1, 0.15) is 16.8 Å². The van der Waals surface area contributed by atoms with E-state index in [9.17, 15) is 13.5 Å². The van der Waals surface area contributed by atoms with E-state index in [0.29, 0.717) is 38.5 Å². The molecule has 0 saturated carbocycles. The molecule has 0 aliphatic carbocycles. The van der Waals surface area contributed by atoms with E-state index in [0.717, 1.165) is 0 Å². The average molecular weight is 337 g/mol. The molecule has 0 amide bonds. The van der Waals surface area contributed by atoms with Crippen molar-refractivity contribution in [1.82, 2.24) is 14.2 Å². The number of aliphatic hydroxyl groups is 1. The first kappa shape index (κ1) is 16.1. The van der Waals surface area contributed by atoms with Gasteiger partial charge < -0.3 is 9.52 Å². The second-order valence-electron chi connectivity index (χ2n) is 5.42. The van der Waals surface area contributed by atoms with E-state index in [1.165, 1.54) is 16.8 Å². The fourth-order valence-corrected chi connectivity index (χ4v) is 4.00. The van der Waals surface area contributed by atoms with Crippen LogP contribution in [0.15, 0.2) is 52.2 Å². The number of pyridine rings is 1. The molecule has 8 heteroatoms. The molecule has 0 radical (unpaired) electrons. The number of aromatic nitrogens is 1. The van der Waals surface area contributed by atoms with Crippen LogP contribution in [0.25, 0.3) is 0 Å². The maximum absolute atomic E-state index is 12.5. The van der Waals surface area contributed by atoms with Crippen molar-refractivity contribution in [3.05, 3.63) is 48.7 Å². The summed E-state index contributed by atoms with van der Waals surface area (Å²) in [4.78, 5) is 6.11. The molecule has 2 aromatic rings. The summed E-state index contributed by atoms with van der Waals surface area (Å²) in [5.41, 5.74) is 0. The van der Waals surface area contributed by atoms with E-state index in [1.807, 2.05) is 4.90 Å². The summed E-state index contributed by atoms with van der Waals surface area (Å²) in [5, 5.41) is 10.1. The van der Waals surface area contributed by atoms with E-state index in [-0.39, 0.29) is 4.90 Å². The van der Waals surface area contributed by atoms with E-state index < -0.39 is 16.1 Å². The number of β-amino-alcohol motifs (C(OH)–C–C–N with tert-alkyl or cyclic N) is 1. The summed E-state index contributed by atoms with van der Waals surface area (Å²) >= 11 is 0. The molecule has 2 aromatic heterocycles. The predicted molar refractivity (Wildman–Crippen MR) is 83.1 cm³/mol. The van der Waals surface area contributed by atoms with Crippen LogP contribution in [0.1, 0.15) is 11.9 Å². The summed E-state index contributed by atoms with van der Waals surface area (Å²) in [6.07, 6.45) is 3.73. The van der Waals surface area contributed by atoms with Gasteiger partial charge in [-0.15, -0.1) is 0 Å². The maximum Gasteiger partial charge on any atom is 0.244 e. The highest BCUT2D eigenvalue weighted by atomic mass is 32.2. The van der Waals surface area contributed by atoms with Gasteiger partial charge >= 0.3 is 0 Å². The van der Waals surface area contributed by atoms with Crippen LogP contribution in [0, 0.1) is 0 Å². The lowest BCUT2D eigenvalue weighted by Crippen LogP contribution is -2.49. The third kappa shape index (κ3) is 3.61. The largest absolute Gasteiger partial charge is 0.467 e. The van der Waals surface area contributed by atoms with E-state index in [4.69, 9.17) is 4.42 Å². The Kier molecular flexibility index (Phi) is 4.76. The number of furan rings is 1. The van der Waals surface area contributed by atoms with Crippen LogP contribution in [-0.2, 0) is 10.0 Å². The minimum absolute atomic E-state index is 0.212. The molecule has 0 unspecified atom stereocenters. The minimum atomic E-state index is -3.49. The van der Waals surface area contributed by atoms with Gasteiger partial charge in [-0.3, -0.25) is 9.88 Å². The van der Waals surface area contributed by atoms with Gasteiger partial charge in [0.25, 0.3) is 0 Å². The van der Waals surface area contributed by atoms with Crippen LogP contribution in [0.2, 0.25) is 0 Å². The fourth-order valence-electron chi connectivity index (χ4n) is 2.62. The van der Waals surface area contributed by atoms with Gasteiger partial charge in [0.2, 0.25) is 10.0 Å². The highest BCUT2D eigenvalue weighted by Gasteiger charge is 2.29. The lowest BCUT2D eigenvalue weighted by molar-refractivity contribution is 0.0776. The van der Waals surface area contributed by atoms with Gasteiger partial charge in [-0.25, -0.2) is 8.42 Å². The van der Waals surface area contributed by atoms with Gasteiger partial charge in [-0.05, 0) is 24.3 Å². The van der Waals surface area contributed by atoms with E-state index in [1.54, 1.807) is 30.5 Å². The van der Waals surface area contributed by atoms with Crippen LogP contribution in [0.5, 0.6) is 0 Å². The normalized spacial score (nSPS) is 18.8. The molecule has 1 atom stereocenters. The Labute approximate surface area is 135 Å². The smallest absolute Gasteiger partial charge is 0.244 e. The zero-order valence-corrected chi connectivity index (χ0v) is 13.4. The predicted octanol–water partition coefficient (Wildman–Crippen LogP) is 0.714. The van der Waals surface area contributed by atoms with Crippen molar-refractivity contribution < 1.29 is 17.9 Å². The molecule has 0 bridgehead atoms. The molecule has 23 heavy (non-hydrogen) atoms. The number of nitrogens with zero attached hydrogens (tertiary/aromatic N) is 3. The quantitative estimate of drug-likeness (QED) is 0.865. The summed E-state index contributed by atoms with van der Waals surface area (Å²) < 4.78 is 31.7. The second kappa shape index (κ2) is 6.79. The third-order valence-electron chi connectivity index (χ3n) is 3.91. The number of piperazine rings is 1. The standard InChI is InChI=1S/C15H19N3O4S/c19-14(15-4-2-10-22-15)12-17-6-8-18(9-7-17)23(20,21)13-3-1-5-16-11-13/h1-5,10-11,14,19H,6-9,12H2/t14-/m0/s1. The Morgan fingerprint density at radius 2 is 2.00 bits per heavy atom. The number of hydrogen-bond donors (Lipinski definition) is 1. The fraction of sp³-hybridized carbons (Fsp3) is 0.400. The van der Waals surface area contributed by atoms with Gasteiger partial charge in [-0.2, -0.15) is 4.31 Å². The Balaban J connectivity index is 1.58. The topological polar surface area (TPSA) is 86.9 Å². The number of hydrogen-bond acceptors (Lipinski definition) is 6. The van der Waals surface area contributed by atoms with Gasteiger partial charge in [0.05, 0.1) is 6.26 Å². The molecular weight excluding hydrogens is 318 g/mol. The zero-order valence-electron chi connectivity index (χ0n) is 12.6. The molecular formula is C15H19N3O4S. The van der Waals surface area contributed by atoms with Crippen molar-refractivity contribution in [2.45, 2.75) is 11.0 Å². The minimum Gasteiger partial charge on any atom is -0.467 e. The second-order valence-corrected chi connectivity index (χ2v) is 7.36. The molecule has 1 fully saturated rings. The SMILES string of the molecule is O=S(=O)(c1cccnc1)N1CCN(C[C@H](O)c2ccco2)CC1. The monoisotopic (exact) mass is 337 g/mol. The first-order valence-electron chi connectivity index (χ1n) is 7.41. The number of rotatable bonds is 5. The van der Waals surface area contributed by atoms with Gasteiger partial charge in [-0.1, -0.05) is 0 Å². The van der Waals surface area contributed by atoms with E-state index >= 15 is 0 Å². The molecule has 1 aliphatic heterocycles. The molecule has 3 heterocycles. The van der Waals surface area contributed by atoms with Crippen molar-refractivity contribution in [2.24, 2.45) is 0 Å². The van der Waals surface area contributed by atoms with Crippen molar-refractivity contribution in [3.63, 3.8) is 0 Å². The Morgan fingerprint density at radius 3 is 2.61 bits per heavy atom. The van der Waals surface area contributed by atoms with Crippen molar-refractivity contribution in [3.8, 4) is 0 Å². The van der Waals surface area contributed by atoms with Crippen LogP contribution in [0.4, 0.5) is 0 Å². The van der Waals surface area contributed by atoms with Crippen LogP contribution in [-0.4, -0.2) is 60.4 Å². The van der Waals surface area contributed by atoms with Crippen molar-refractivity contribution in [2.75, 3.05) is 32.7 Å². The summed E-state index contributed by atoms with van der Waals surface area (Å²) in [6.45, 7) is 2.34. The van der Waals surface area contributed by atoms with Crippen LogP contribution >= 0.6 is 0 Å². The highest BCUT2D eigenvalue weighted by Crippen LogP contribution is 2.19. The Hall–Kier alpha value is -1.74. The number of aliphatic hydroxyl groups excluding tert-OH is 1. The lowest BCUT2D eigenvalue weighted by Gasteiger charge is -2.34. The molecule has 1 N–H and O–H groups in total. The highest BCUT2D eigenvalue weighted by molar-refractivity contribution is 7.89. The lowest BCUT2D eigenvalue weighted by atomic mass is 10.2. The molecule has 1 aliphatic rings. The zero-order chi connectivity index (χ0) is 16.3. The maximum atomic E-state index is 12.5. The van der Waals surface area contributed by atoms with Gasteiger partial charge in [0.15, 0.2) is 0 Å². The molecule has 0 spiro atoms. The van der Waals surface area contributed by atoms with E-state index in [2.05, 4.69) is 4.98 Å². The first-order valence-corrected chi connectivity index (χ1v) is 8.85. The average Bonchev–Trinajstić information content (AvgIpc) is 3.11. The van der Waals surface area contributed by atoms with Crippen molar-refractivity contribution >= 4 is 10.0 Å². The van der Waals surface area contributed by atoms with Crippen molar-refractivity contribution in [1.29, 1.82) is 0 Å². The molecule has 1 saturated heterocycles. The molecule has 7 nitrogen and oxygen atoms in total.